The predicted molar refractivity (Wildman–Crippen MR) is 71.8 cm³/mol. The van der Waals surface area contributed by atoms with Gasteiger partial charge in [0, 0.05) is 18.1 Å². The Morgan fingerprint density at radius 1 is 1.19 bits per heavy atom. The van der Waals surface area contributed by atoms with Crippen LogP contribution in [-0.2, 0) is 0 Å². The summed E-state index contributed by atoms with van der Waals surface area (Å²) in [4.78, 5) is 2.43. The van der Waals surface area contributed by atoms with E-state index in [2.05, 4.69) is 52.0 Å². The summed E-state index contributed by atoms with van der Waals surface area (Å²) in [5.74, 6) is 0. The zero-order valence-corrected chi connectivity index (χ0v) is 12.1. The first-order chi connectivity index (χ1) is 7.28. The van der Waals surface area contributed by atoms with Crippen LogP contribution in [0.2, 0.25) is 0 Å². The van der Waals surface area contributed by atoms with E-state index in [0.29, 0.717) is 17.0 Å². The molecule has 0 bridgehead atoms. The third-order valence-electron chi connectivity index (χ3n) is 4.52. The van der Waals surface area contributed by atoms with Gasteiger partial charge >= 0.3 is 0 Å². The topological polar surface area (TPSA) is 15.3 Å². The fraction of sp³-hybridized carbons (Fsp3) is 1.00. The minimum Gasteiger partial charge on any atom is -0.312 e. The van der Waals surface area contributed by atoms with E-state index in [-0.39, 0.29) is 0 Å². The van der Waals surface area contributed by atoms with Gasteiger partial charge in [0.1, 0.15) is 0 Å². The van der Waals surface area contributed by atoms with Gasteiger partial charge in [0.05, 0.1) is 0 Å². The van der Waals surface area contributed by atoms with Crippen molar-refractivity contribution in [3.05, 3.63) is 0 Å². The van der Waals surface area contributed by atoms with Crippen LogP contribution in [0.1, 0.15) is 53.4 Å². The maximum absolute atomic E-state index is 3.74. The summed E-state index contributed by atoms with van der Waals surface area (Å²) in [6.07, 6.45) is 5.49. The summed E-state index contributed by atoms with van der Waals surface area (Å²) < 4.78 is 0. The zero-order chi connectivity index (χ0) is 12.4. The molecular formula is C14H30N2. The van der Waals surface area contributed by atoms with Crippen molar-refractivity contribution in [1.29, 1.82) is 0 Å². The van der Waals surface area contributed by atoms with E-state index >= 15 is 0 Å². The summed E-state index contributed by atoms with van der Waals surface area (Å²) in [6, 6.07) is 0.574. The molecule has 1 saturated carbocycles. The molecule has 0 spiro atoms. The monoisotopic (exact) mass is 226 g/mol. The quantitative estimate of drug-likeness (QED) is 0.793. The molecule has 1 unspecified atom stereocenters. The van der Waals surface area contributed by atoms with Crippen LogP contribution in [-0.4, -0.2) is 37.1 Å². The average Bonchev–Trinajstić information content (AvgIpc) is 2.62. The summed E-state index contributed by atoms with van der Waals surface area (Å²) in [5, 5.41) is 3.74. The van der Waals surface area contributed by atoms with Crippen molar-refractivity contribution in [1.82, 2.24) is 10.2 Å². The second-order valence-electron chi connectivity index (χ2n) is 6.79. The molecule has 1 atom stereocenters. The molecule has 1 N–H and O–H groups in total. The van der Waals surface area contributed by atoms with E-state index in [1.807, 2.05) is 0 Å². The standard InChI is InChI=1S/C14H30N2/c1-12(13(2,3)4)15-11-14(16(5)6)9-7-8-10-14/h12,15H,7-11H2,1-6H3. The highest BCUT2D eigenvalue weighted by Crippen LogP contribution is 2.33. The summed E-state index contributed by atoms with van der Waals surface area (Å²) in [7, 11) is 4.46. The molecule has 1 aliphatic rings. The van der Waals surface area contributed by atoms with Gasteiger partial charge in [0.2, 0.25) is 0 Å². The lowest BCUT2D eigenvalue weighted by Gasteiger charge is -2.39. The van der Waals surface area contributed by atoms with E-state index in [0.717, 1.165) is 6.54 Å². The van der Waals surface area contributed by atoms with Crippen LogP contribution < -0.4 is 5.32 Å². The number of rotatable bonds is 4. The highest BCUT2D eigenvalue weighted by atomic mass is 15.2. The first-order valence-electron chi connectivity index (χ1n) is 6.69. The van der Waals surface area contributed by atoms with Gasteiger partial charge < -0.3 is 10.2 Å². The molecular weight excluding hydrogens is 196 g/mol. The molecule has 0 saturated heterocycles. The Labute approximate surface area is 102 Å². The number of nitrogens with zero attached hydrogens (tertiary/aromatic N) is 1. The zero-order valence-electron chi connectivity index (χ0n) is 12.1. The number of nitrogens with one attached hydrogen (secondary N) is 1. The van der Waals surface area contributed by atoms with E-state index in [4.69, 9.17) is 0 Å². The van der Waals surface area contributed by atoms with Crippen LogP contribution in [0.25, 0.3) is 0 Å². The van der Waals surface area contributed by atoms with Crippen molar-refractivity contribution < 1.29 is 0 Å². The van der Waals surface area contributed by atoms with Crippen LogP contribution >= 0.6 is 0 Å². The van der Waals surface area contributed by atoms with Gasteiger partial charge in [0.15, 0.2) is 0 Å². The smallest absolute Gasteiger partial charge is 0.0327 e. The van der Waals surface area contributed by atoms with Gasteiger partial charge in [-0.25, -0.2) is 0 Å². The van der Waals surface area contributed by atoms with Gasteiger partial charge in [-0.1, -0.05) is 33.6 Å². The van der Waals surface area contributed by atoms with Crippen LogP contribution in [0.5, 0.6) is 0 Å². The van der Waals surface area contributed by atoms with Crippen molar-refractivity contribution in [3.8, 4) is 0 Å². The Bertz CT molecular complexity index is 209. The highest BCUT2D eigenvalue weighted by Gasteiger charge is 2.36. The fourth-order valence-corrected chi connectivity index (χ4v) is 2.46. The van der Waals surface area contributed by atoms with Gasteiger partial charge in [-0.15, -0.1) is 0 Å². The van der Waals surface area contributed by atoms with Crippen LogP contribution in [0.15, 0.2) is 0 Å². The largest absolute Gasteiger partial charge is 0.312 e. The minimum atomic E-state index is 0.353. The fourth-order valence-electron chi connectivity index (χ4n) is 2.46. The number of likely N-dealkylation sites (N-methyl/N-ethyl adjacent to an activating group) is 1. The van der Waals surface area contributed by atoms with Crippen LogP contribution in [0, 0.1) is 5.41 Å². The highest BCUT2D eigenvalue weighted by molar-refractivity contribution is 4.95. The van der Waals surface area contributed by atoms with Crippen molar-refractivity contribution in [2.24, 2.45) is 5.41 Å². The molecule has 0 amide bonds. The van der Waals surface area contributed by atoms with Gasteiger partial charge in [-0.2, -0.15) is 0 Å². The van der Waals surface area contributed by atoms with E-state index in [1.54, 1.807) is 0 Å². The summed E-state index contributed by atoms with van der Waals surface area (Å²) in [6.45, 7) is 10.4. The summed E-state index contributed by atoms with van der Waals surface area (Å²) in [5.41, 5.74) is 0.769. The van der Waals surface area contributed by atoms with Crippen molar-refractivity contribution in [2.45, 2.75) is 65.0 Å². The molecule has 1 fully saturated rings. The van der Waals surface area contributed by atoms with E-state index in [9.17, 15) is 0 Å². The molecule has 1 aliphatic carbocycles. The molecule has 0 aromatic heterocycles. The van der Waals surface area contributed by atoms with Gasteiger partial charge in [0.25, 0.3) is 0 Å². The first kappa shape index (κ1) is 14.0. The molecule has 0 heterocycles. The molecule has 0 aromatic rings. The molecule has 2 heteroatoms. The lowest BCUT2D eigenvalue weighted by atomic mass is 9.87. The van der Waals surface area contributed by atoms with Crippen LogP contribution in [0.3, 0.4) is 0 Å². The van der Waals surface area contributed by atoms with E-state index < -0.39 is 0 Å². The van der Waals surface area contributed by atoms with Gasteiger partial charge in [-0.05, 0) is 39.3 Å². The minimum absolute atomic E-state index is 0.353. The Hall–Kier alpha value is -0.0800. The second kappa shape index (κ2) is 5.05. The maximum atomic E-state index is 3.74. The molecule has 1 rings (SSSR count). The van der Waals surface area contributed by atoms with Gasteiger partial charge in [-0.3, -0.25) is 0 Å². The third-order valence-corrected chi connectivity index (χ3v) is 4.52. The molecule has 16 heavy (non-hydrogen) atoms. The Morgan fingerprint density at radius 3 is 2.06 bits per heavy atom. The lowest BCUT2D eigenvalue weighted by Crippen LogP contribution is -2.53. The second-order valence-corrected chi connectivity index (χ2v) is 6.79. The predicted octanol–water partition coefficient (Wildman–Crippen LogP) is 2.89. The maximum Gasteiger partial charge on any atom is 0.0327 e. The average molecular weight is 226 g/mol. The number of hydrogen-bond donors (Lipinski definition) is 1. The molecule has 96 valence electrons. The third kappa shape index (κ3) is 3.21. The Kier molecular flexibility index (Phi) is 4.42. The molecule has 0 radical (unpaired) electrons. The summed E-state index contributed by atoms with van der Waals surface area (Å²) >= 11 is 0. The van der Waals surface area contributed by atoms with Crippen molar-refractivity contribution in [2.75, 3.05) is 20.6 Å². The Morgan fingerprint density at radius 2 is 1.69 bits per heavy atom. The molecule has 0 aromatic carbocycles. The molecule has 0 aliphatic heterocycles. The van der Waals surface area contributed by atoms with Crippen molar-refractivity contribution >= 4 is 0 Å². The number of hydrogen-bond acceptors (Lipinski definition) is 2. The molecule has 2 nitrogen and oxygen atoms in total. The normalized spacial score (nSPS) is 22.7. The first-order valence-corrected chi connectivity index (χ1v) is 6.69. The Balaban J connectivity index is 2.52. The lowest BCUT2D eigenvalue weighted by molar-refractivity contribution is 0.138. The van der Waals surface area contributed by atoms with E-state index in [1.165, 1.54) is 25.7 Å². The van der Waals surface area contributed by atoms with Crippen LogP contribution in [0.4, 0.5) is 0 Å². The van der Waals surface area contributed by atoms with Crippen molar-refractivity contribution in [3.63, 3.8) is 0 Å². The SMILES string of the molecule is CC(NCC1(N(C)C)CCCC1)C(C)(C)C.